The van der Waals surface area contributed by atoms with Crippen LogP contribution in [0.1, 0.15) is 12.8 Å². The molecule has 0 bridgehead atoms. The highest BCUT2D eigenvalue weighted by atomic mass is 79.9. The standard InChI is InChI=1S/C18H16BrN3O3S2/c19-16-7-8-17(26-16)27(24,25)22-9-3-6-15(22)18(23)21-13-10-12-4-1-2-5-14(12)20-11-13/h1-2,4-5,7-8,10-11,15H,3,6,9H2,(H,21,23). The molecule has 1 aliphatic heterocycles. The van der Waals surface area contributed by atoms with Crippen molar-refractivity contribution in [2.24, 2.45) is 0 Å². The summed E-state index contributed by atoms with van der Waals surface area (Å²) in [6.07, 6.45) is 2.74. The van der Waals surface area contributed by atoms with Gasteiger partial charge in [-0.25, -0.2) is 8.42 Å². The molecule has 1 saturated heterocycles. The van der Waals surface area contributed by atoms with E-state index in [0.29, 0.717) is 25.1 Å². The minimum absolute atomic E-state index is 0.237. The highest BCUT2D eigenvalue weighted by Crippen LogP contribution is 2.32. The molecule has 1 atom stereocenters. The number of fused-ring (bicyclic) bond motifs is 1. The third kappa shape index (κ3) is 3.64. The second kappa shape index (κ2) is 7.31. The van der Waals surface area contributed by atoms with Gasteiger partial charge in [0.25, 0.3) is 10.0 Å². The number of sulfonamides is 1. The van der Waals surface area contributed by atoms with E-state index in [-0.39, 0.29) is 10.1 Å². The molecule has 0 spiro atoms. The van der Waals surface area contributed by atoms with E-state index in [1.165, 1.54) is 4.31 Å². The molecule has 1 aromatic carbocycles. The number of carbonyl (C=O) groups is 1. The minimum atomic E-state index is -3.69. The number of halogens is 1. The van der Waals surface area contributed by atoms with Crippen molar-refractivity contribution in [3.05, 3.63) is 52.4 Å². The van der Waals surface area contributed by atoms with Gasteiger partial charge in [0.2, 0.25) is 5.91 Å². The lowest BCUT2D eigenvalue weighted by Crippen LogP contribution is -2.42. The van der Waals surface area contributed by atoms with Gasteiger partial charge in [-0.2, -0.15) is 4.31 Å². The SMILES string of the molecule is O=C(Nc1cnc2ccccc2c1)C1CCCN1S(=O)(=O)c1ccc(Br)s1. The third-order valence-electron chi connectivity index (χ3n) is 4.48. The molecular formula is C18H16BrN3O3S2. The van der Waals surface area contributed by atoms with Crippen molar-refractivity contribution in [1.29, 1.82) is 0 Å². The number of anilines is 1. The maximum absolute atomic E-state index is 12.9. The van der Waals surface area contributed by atoms with E-state index in [0.717, 1.165) is 26.0 Å². The van der Waals surface area contributed by atoms with Crippen LogP contribution in [-0.4, -0.2) is 36.2 Å². The average molecular weight is 466 g/mol. The summed E-state index contributed by atoms with van der Waals surface area (Å²) < 4.78 is 28.1. The number of nitrogens with one attached hydrogen (secondary N) is 1. The first-order chi connectivity index (χ1) is 12.9. The molecule has 0 radical (unpaired) electrons. The number of thiophene rings is 1. The van der Waals surface area contributed by atoms with Crippen molar-refractivity contribution >= 4 is 59.8 Å². The summed E-state index contributed by atoms with van der Waals surface area (Å²) in [5, 5.41) is 3.73. The highest BCUT2D eigenvalue weighted by Gasteiger charge is 2.40. The third-order valence-corrected chi connectivity index (χ3v) is 8.48. The second-order valence-corrected chi connectivity index (χ2v) is 10.8. The van der Waals surface area contributed by atoms with Crippen LogP contribution in [-0.2, 0) is 14.8 Å². The fourth-order valence-corrected chi connectivity index (χ4v) is 7.00. The number of hydrogen-bond donors (Lipinski definition) is 1. The quantitative estimate of drug-likeness (QED) is 0.634. The summed E-state index contributed by atoms with van der Waals surface area (Å²) in [5.41, 5.74) is 1.39. The molecule has 27 heavy (non-hydrogen) atoms. The Morgan fingerprint density at radius 1 is 1.26 bits per heavy atom. The number of aromatic nitrogens is 1. The Kier molecular flexibility index (Phi) is 5.02. The van der Waals surface area contributed by atoms with E-state index < -0.39 is 16.1 Å². The van der Waals surface area contributed by atoms with Crippen LogP contribution in [0.3, 0.4) is 0 Å². The van der Waals surface area contributed by atoms with E-state index in [2.05, 4.69) is 26.2 Å². The molecule has 2 aromatic heterocycles. The Balaban J connectivity index is 1.56. The normalized spacial score (nSPS) is 18.0. The van der Waals surface area contributed by atoms with Gasteiger partial charge in [0.05, 0.1) is 21.2 Å². The number of hydrogen-bond acceptors (Lipinski definition) is 5. The summed E-state index contributed by atoms with van der Waals surface area (Å²) in [4.78, 5) is 17.1. The van der Waals surface area contributed by atoms with Crippen LogP contribution in [0.25, 0.3) is 10.9 Å². The molecule has 0 aliphatic carbocycles. The molecule has 1 N–H and O–H groups in total. The first-order valence-electron chi connectivity index (χ1n) is 8.38. The van der Waals surface area contributed by atoms with Crippen LogP contribution in [0.4, 0.5) is 5.69 Å². The lowest BCUT2D eigenvalue weighted by atomic mass is 10.2. The predicted molar refractivity (Wildman–Crippen MR) is 109 cm³/mol. The summed E-state index contributed by atoms with van der Waals surface area (Å²) in [5.74, 6) is -0.330. The Morgan fingerprint density at radius 2 is 2.07 bits per heavy atom. The van der Waals surface area contributed by atoms with Crippen molar-refractivity contribution in [2.45, 2.75) is 23.1 Å². The van der Waals surface area contributed by atoms with Gasteiger partial charge in [-0.3, -0.25) is 9.78 Å². The van der Waals surface area contributed by atoms with Crippen LogP contribution >= 0.6 is 27.3 Å². The maximum Gasteiger partial charge on any atom is 0.253 e. The number of carbonyl (C=O) groups excluding carboxylic acids is 1. The summed E-state index contributed by atoms with van der Waals surface area (Å²) >= 11 is 4.44. The van der Waals surface area contributed by atoms with Gasteiger partial charge >= 0.3 is 0 Å². The number of benzene rings is 1. The van der Waals surface area contributed by atoms with E-state index in [1.54, 1.807) is 18.3 Å². The van der Waals surface area contributed by atoms with Crippen LogP contribution in [0, 0.1) is 0 Å². The van der Waals surface area contributed by atoms with E-state index >= 15 is 0 Å². The number of nitrogens with zero attached hydrogens (tertiary/aromatic N) is 2. The molecular weight excluding hydrogens is 450 g/mol. The lowest BCUT2D eigenvalue weighted by molar-refractivity contribution is -0.119. The van der Waals surface area contributed by atoms with Gasteiger partial charge in [-0.05, 0) is 53.0 Å². The fraction of sp³-hybridized carbons (Fsp3) is 0.222. The lowest BCUT2D eigenvalue weighted by Gasteiger charge is -2.22. The average Bonchev–Trinajstić information content (AvgIpc) is 3.31. The van der Waals surface area contributed by atoms with Crippen LogP contribution in [0.5, 0.6) is 0 Å². The summed E-state index contributed by atoms with van der Waals surface area (Å²) in [6, 6.07) is 12.0. The highest BCUT2D eigenvalue weighted by molar-refractivity contribution is 9.11. The largest absolute Gasteiger partial charge is 0.323 e. The summed E-state index contributed by atoms with van der Waals surface area (Å²) in [6.45, 7) is 0.339. The monoisotopic (exact) mass is 465 g/mol. The number of para-hydroxylation sites is 1. The van der Waals surface area contributed by atoms with Crippen molar-refractivity contribution in [3.63, 3.8) is 0 Å². The van der Waals surface area contributed by atoms with E-state index in [9.17, 15) is 13.2 Å². The molecule has 0 saturated carbocycles. The van der Waals surface area contributed by atoms with Crippen molar-refractivity contribution in [1.82, 2.24) is 9.29 Å². The molecule has 140 valence electrons. The Bertz CT molecular complexity index is 1110. The fourth-order valence-electron chi connectivity index (χ4n) is 3.21. The molecule has 3 heterocycles. The van der Waals surface area contributed by atoms with Gasteiger partial charge in [0, 0.05) is 11.9 Å². The molecule has 1 unspecified atom stereocenters. The molecule has 1 amide bonds. The Morgan fingerprint density at radius 3 is 2.85 bits per heavy atom. The zero-order valence-corrected chi connectivity index (χ0v) is 17.4. The maximum atomic E-state index is 12.9. The molecule has 3 aromatic rings. The first kappa shape index (κ1) is 18.5. The van der Waals surface area contributed by atoms with Crippen molar-refractivity contribution in [2.75, 3.05) is 11.9 Å². The van der Waals surface area contributed by atoms with Gasteiger partial charge < -0.3 is 5.32 Å². The van der Waals surface area contributed by atoms with Crippen LogP contribution in [0.15, 0.2) is 56.7 Å². The van der Waals surface area contributed by atoms with Gasteiger partial charge in [0.1, 0.15) is 10.3 Å². The Labute approximate surface area is 169 Å². The van der Waals surface area contributed by atoms with Gasteiger partial charge in [0.15, 0.2) is 0 Å². The zero-order chi connectivity index (χ0) is 19.0. The first-order valence-corrected chi connectivity index (χ1v) is 11.4. The molecule has 9 heteroatoms. The Hall–Kier alpha value is -1.81. The molecule has 4 rings (SSSR count). The minimum Gasteiger partial charge on any atom is -0.323 e. The summed E-state index contributed by atoms with van der Waals surface area (Å²) in [7, 11) is -3.69. The second-order valence-electron chi connectivity index (χ2n) is 6.24. The number of pyridine rings is 1. The number of amides is 1. The van der Waals surface area contributed by atoms with Crippen molar-refractivity contribution in [3.8, 4) is 0 Å². The molecule has 1 fully saturated rings. The molecule has 1 aliphatic rings. The zero-order valence-electron chi connectivity index (χ0n) is 14.1. The topological polar surface area (TPSA) is 79.4 Å². The molecule has 6 nitrogen and oxygen atoms in total. The number of rotatable bonds is 4. The smallest absolute Gasteiger partial charge is 0.253 e. The van der Waals surface area contributed by atoms with Crippen LogP contribution < -0.4 is 5.32 Å². The van der Waals surface area contributed by atoms with Crippen molar-refractivity contribution < 1.29 is 13.2 Å². The van der Waals surface area contributed by atoms with E-state index in [4.69, 9.17) is 0 Å². The van der Waals surface area contributed by atoms with Gasteiger partial charge in [-0.15, -0.1) is 11.3 Å². The van der Waals surface area contributed by atoms with Gasteiger partial charge in [-0.1, -0.05) is 18.2 Å². The van der Waals surface area contributed by atoms with E-state index in [1.807, 2.05) is 30.3 Å². The van der Waals surface area contributed by atoms with Crippen LogP contribution in [0.2, 0.25) is 0 Å². The predicted octanol–water partition coefficient (Wildman–Crippen LogP) is 3.85.